The van der Waals surface area contributed by atoms with Crippen LogP contribution in [0, 0.1) is 6.92 Å². The van der Waals surface area contributed by atoms with Crippen molar-refractivity contribution in [1.29, 1.82) is 0 Å². The van der Waals surface area contributed by atoms with Gasteiger partial charge in [0.15, 0.2) is 0 Å². The third-order valence-electron chi connectivity index (χ3n) is 2.96. The quantitative estimate of drug-likeness (QED) is 0.909. The topological polar surface area (TPSA) is 70.2 Å². The molecule has 7 heteroatoms. The van der Waals surface area contributed by atoms with E-state index in [1.54, 1.807) is 29.3 Å². The Bertz CT molecular complexity index is 675. The highest BCUT2D eigenvalue weighted by atomic mass is 35.5. The fourth-order valence-corrected chi connectivity index (χ4v) is 1.90. The van der Waals surface area contributed by atoms with Gasteiger partial charge in [0.2, 0.25) is 5.95 Å². The average Bonchev–Trinajstić information content (AvgIpc) is 2.49. The van der Waals surface area contributed by atoms with E-state index in [2.05, 4.69) is 20.6 Å². The Hall–Kier alpha value is -2.34. The van der Waals surface area contributed by atoms with Crippen molar-refractivity contribution in [3.8, 4) is 0 Å². The van der Waals surface area contributed by atoms with Crippen molar-refractivity contribution in [1.82, 2.24) is 15.3 Å². The largest absolute Gasteiger partial charge is 0.347 e. The molecule has 1 heterocycles. The smallest absolute Gasteiger partial charge is 0.319 e. The number of nitrogens with zero attached hydrogens (tertiary/aromatic N) is 3. The van der Waals surface area contributed by atoms with E-state index in [1.807, 2.05) is 27.1 Å². The summed E-state index contributed by atoms with van der Waals surface area (Å²) in [7, 11) is 3.72. The molecule has 1 aromatic heterocycles. The van der Waals surface area contributed by atoms with Gasteiger partial charge < -0.3 is 15.5 Å². The predicted molar refractivity (Wildman–Crippen MR) is 88.4 cm³/mol. The van der Waals surface area contributed by atoms with E-state index in [1.165, 1.54) is 0 Å². The van der Waals surface area contributed by atoms with E-state index in [9.17, 15) is 4.79 Å². The van der Waals surface area contributed by atoms with Crippen molar-refractivity contribution in [2.24, 2.45) is 0 Å². The molecular formula is C15H18ClN5O. The molecular weight excluding hydrogens is 302 g/mol. The minimum absolute atomic E-state index is 0.314. The van der Waals surface area contributed by atoms with Gasteiger partial charge in [-0.1, -0.05) is 17.7 Å². The number of carbonyl (C=O) groups is 1. The molecule has 0 spiro atoms. The monoisotopic (exact) mass is 319 g/mol. The van der Waals surface area contributed by atoms with E-state index in [-0.39, 0.29) is 6.03 Å². The van der Waals surface area contributed by atoms with Crippen LogP contribution in [0.2, 0.25) is 5.02 Å². The summed E-state index contributed by atoms with van der Waals surface area (Å²) < 4.78 is 0. The second-order valence-electron chi connectivity index (χ2n) is 5.01. The van der Waals surface area contributed by atoms with Gasteiger partial charge in [0, 0.05) is 31.0 Å². The molecule has 2 N–H and O–H groups in total. The zero-order valence-corrected chi connectivity index (χ0v) is 13.5. The average molecular weight is 320 g/mol. The standard InChI is InChI=1S/C15H18ClN5O/c1-10-4-5-11(8-13(10)16)20-15(22)18-9-12-6-7-17-14(19-12)21(2)3/h4-8H,9H2,1-3H3,(H2,18,20,22). The number of aryl methyl sites for hydroxylation is 1. The number of nitrogens with one attached hydrogen (secondary N) is 2. The minimum Gasteiger partial charge on any atom is -0.347 e. The lowest BCUT2D eigenvalue weighted by molar-refractivity contribution is 0.251. The number of halogens is 1. The second kappa shape index (κ2) is 7.09. The molecule has 0 fully saturated rings. The molecule has 116 valence electrons. The summed E-state index contributed by atoms with van der Waals surface area (Å²) >= 11 is 6.02. The molecule has 22 heavy (non-hydrogen) atoms. The molecule has 0 saturated heterocycles. The number of hydrogen-bond acceptors (Lipinski definition) is 4. The SMILES string of the molecule is Cc1ccc(NC(=O)NCc2ccnc(N(C)C)n2)cc1Cl. The molecule has 1 aromatic carbocycles. The van der Waals surface area contributed by atoms with Gasteiger partial charge in [-0.05, 0) is 30.7 Å². The number of benzene rings is 1. The minimum atomic E-state index is -0.315. The van der Waals surface area contributed by atoms with Crippen LogP contribution in [0.25, 0.3) is 0 Å². The highest BCUT2D eigenvalue weighted by Gasteiger charge is 2.05. The normalized spacial score (nSPS) is 10.2. The summed E-state index contributed by atoms with van der Waals surface area (Å²) in [5.41, 5.74) is 2.34. The van der Waals surface area contributed by atoms with Crippen LogP contribution in [0.4, 0.5) is 16.4 Å². The first-order valence-electron chi connectivity index (χ1n) is 6.76. The predicted octanol–water partition coefficient (Wildman–Crippen LogP) is 2.83. The van der Waals surface area contributed by atoms with Crippen molar-refractivity contribution < 1.29 is 4.79 Å². The van der Waals surface area contributed by atoms with Crippen LogP contribution in [-0.2, 0) is 6.54 Å². The molecule has 2 aromatic rings. The Balaban J connectivity index is 1.92. The molecule has 0 bridgehead atoms. The second-order valence-corrected chi connectivity index (χ2v) is 5.42. The zero-order chi connectivity index (χ0) is 16.1. The van der Waals surface area contributed by atoms with Gasteiger partial charge in [-0.15, -0.1) is 0 Å². The molecule has 0 saturated carbocycles. The lowest BCUT2D eigenvalue weighted by atomic mass is 10.2. The maximum absolute atomic E-state index is 11.9. The van der Waals surface area contributed by atoms with Gasteiger partial charge in [0.1, 0.15) is 0 Å². The van der Waals surface area contributed by atoms with E-state index in [0.717, 1.165) is 11.3 Å². The summed E-state index contributed by atoms with van der Waals surface area (Å²) in [6, 6.07) is 6.81. The summed E-state index contributed by atoms with van der Waals surface area (Å²) in [6.07, 6.45) is 1.66. The van der Waals surface area contributed by atoms with Crippen LogP contribution in [0.3, 0.4) is 0 Å². The van der Waals surface area contributed by atoms with Crippen molar-refractivity contribution in [2.75, 3.05) is 24.3 Å². The fraction of sp³-hybridized carbons (Fsp3) is 0.267. The molecule has 2 amide bonds. The van der Waals surface area contributed by atoms with Crippen molar-refractivity contribution in [3.63, 3.8) is 0 Å². The first kappa shape index (κ1) is 16.0. The van der Waals surface area contributed by atoms with Crippen molar-refractivity contribution in [2.45, 2.75) is 13.5 Å². The van der Waals surface area contributed by atoms with Gasteiger partial charge in [-0.3, -0.25) is 0 Å². The lowest BCUT2D eigenvalue weighted by Crippen LogP contribution is -2.28. The maximum atomic E-state index is 11.9. The molecule has 0 atom stereocenters. The number of aromatic nitrogens is 2. The maximum Gasteiger partial charge on any atom is 0.319 e. The molecule has 0 aliphatic heterocycles. The third kappa shape index (κ3) is 4.33. The molecule has 6 nitrogen and oxygen atoms in total. The third-order valence-corrected chi connectivity index (χ3v) is 3.37. The Morgan fingerprint density at radius 3 is 2.77 bits per heavy atom. The highest BCUT2D eigenvalue weighted by molar-refractivity contribution is 6.31. The number of anilines is 2. The van der Waals surface area contributed by atoms with E-state index in [4.69, 9.17) is 11.6 Å². The molecule has 2 rings (SSSR count). The Labute approximate surface area is 134 Å². The molecule has 0 radical (unpaired) electrons. The van der Waals surface area contributed by atoms with Gasteiger partial charge in [0.25, 0.3) is 0 Å². The van der Waals surface area contributed by atoms with Crippen LogP contribution < -0.4 is 15.5 Å². The van der Waals surface area contributed by atoms with Crippen LogP contribution in [0.15, 0.2) is 30.5 Å². The van der Waals surface area contributed by atoms with Crippen LogP contribution in [-0.4, -0.2) is 30.1 Å². The Kier molecular flexibility index (Phi) is 5.16. The lowest BCUT2D eigenvalue weighted by Gasteiger charge is -2.11. The number of hydrogen-bond donors (Lipinski definition) is 2. The van der Waals surface area contributed by atoms with Crippen molar-refractivity contribution >= 4 is 29.3 Å². The van der Waals surface area contributed by atoms with Crippen LogP contribution in [0.5, 0.6) is 0 Å². The van der Waals surface area contributed by atoms with E-state index in [0.29, 0.717) is 23.2 Å². The van der Waals surface area contributed by atoms with Gasteiger partial charge in [-0.25, -0.2) is 14.8 Å². The molecule has 0 aliphatic carbocycles. The first-order valence-corrected chi connectivity index (χ1v) is 7.14. The first-order chi connectivity index (χ1) is 10.5. The summed E-state index contributed by atoms with van der Waals surface area (Å²) in [5.74, 6) is 0.602. The van der Waals surface area contributed by atoms with Gasteiger partial charge in [0.05, 0.1) is 12.2 Å². The number of amides is 2. The zero-order valence-electron chi connectivity index (χ0n) is 12.7. The van der Waals surface area contributed by atoms with E-state index < -0.39 is 0 Å². The summed E-state index contributed by atoms with van der Waals surface area (Å²) in [5, 5.41) is 6.09. The fourth-order valence-electron chi connectivity index (χ4n) is 1.72. The summed E-state index contributed by atoms with van der Waals surface area (Å²) in [6.45, 7) is 2.22. The highest BCUT2D eigenvalue weighted by Crippen LogP contribution is 2.19. The van der Waals surface area contributed by atoms with Crippen molar-refractivity contribution in [3.05, 3.63) is 46.7 Å². The van der Waals surface area contributed by atoms with E-state index >= 15 is 0 Å². The van der Waals surface area contributed by atoms with Crippen LogP contribution >= 0.6 is 11.6 Å². The molecule has 0 aliphatic rings. The van der Waals surface area contributed by atoms with Gasteiger partial charge >= 0.3 is 6.03 Å². The number of carbonyl (C=O) groups excluding carboxylic acids is 1. The Morgan fingerprint density at radius 1 is 1.32 bits per heavy atom. The Morgan fingerprint density at radius 2 is 2.09 bits per heavy atom. The number of rotatable bonds is 4. The summed E-state index contributed by atoms with van der Waals surface area (Å²) in [4.78, 5) is 22.1. The molecule has 0 unspecified atom stereocenters. The van der Waals surface area contributed by atoms with Crippen LogP contribution in [0.1, 0.15) is 11.3 Å². The van der Waals surface area contributed by atoms with Gasteiger partial charge in [-0.2, -0.15) is 0 Å². The number of urea groups is 1.